The number of nitriles is 1. The van der Waals surface area contributed by atoms with Crippen LogP contribution < -0.4 is 5.32 Å². The zero-order valence-electron chi connectivity index (χ0n) is 10.3. The first kappa shape index (κ1) is 11.9. The lowest BCUT2D eigenvalue weighted by molar-refractivity contribution is -0.374. The van der Waals surface area contributed by atoms with Gasteiger partial charge in [-0.2, -0.15) is 5.26 Å². The minimum Gasteiger partial charge on any atom is -0.354 e. The molecule has 0 fully saturated rings. The maximum absolute atomic E-state index is 11.3. The minimum atomic E-state index is -0.427. The summed E-state index contributed by atoms with van der Waals surface area (Å²) in [5, 5.41) is 23.6. The summed E-state index contributed by atoms with van der Waals surface area (Å²) in [6, 6.07) is 14.3. The third kappa shape index (κ3) is 1.80. The van der Waals surface area contributed by atoms with E-state index in [1.165, 1.54) is 6.08 Å². The lowest BCUT2D eigenvalue weighted by atomic mass is 10.0. The Kier molecular flexibility index (Phi) is 2.70. The predicted molar refractivity (Wildman–Crippen MR) is 75.7 cm³/mol. The van der Waals surface area contributed by atoms with Crippen LogP contribution in [0.25, 0.3) is 11.8 Å². The number of para-hydroxylation sites is 1. The van der Waals surface area contributed by atoms with E-state index < -0.39 is 4.92 Å². The van der Waals surface area contributed by atoms with Crippen LogP contribution in [0.4, 0.5) is 11.4 Å². The number of nitro groups is 1. The Labute approximate surface area is 114 Å². The number of nitrogens with zero attached hydrogens (tertiary/aromatic N) is 2. The Morgan fingerprint density at radius 2 is 1.85 bits per heavy atom. The van der Waals surface area contributed by atoms with Crippen molar-refractivity contribution in [2.24, 2.45) is 0 Å². The molecule has 0 aromatic heterocycles. The Hall–Kier alpha value is -3.13. The molecule has 2 aromatic rings. The number of hydrogen-bond acceptors (Lipinski definition) is 4. The van der Waals surface area contributed by atoms with E-state index in [0.717, 1.165) is 0 Å². The second kappa shape index (κ2) is 4.52. The van der Waals surface area contributed by atoms with Crippen LogP contribution in [-0.4, -0.2) is 4.92 Å². The molecule has 0 radical (unpaired) electrons. The van der Waals surface area contributed by atoms with E-state index >= 15 is 0 Å². The second-order valence-electron chi connectivity index (χ2n) is 4.34. The quantitative estimate of drug-likeness (QED) is 0.631. The molecule has 1 aliphatic rings. The molecule has 0 amide bonds. The summed E-state index contributed by atoms with van der Waals surface area (Å²) in [7, 11) is 0. The van der Waals surface area contributed by atoms with Crippen LogP contribution in [0.5, 0.6) is 0 Å². The number of anilines is 2. The Bertz CT molecular complexity index is 788. The highest BCUT2D eigenvalue weighted by Gasteiger charge is 2.23. The molecule has 5 nitrogen and oxygen atoms in total. The van der Waals surface area contributed by atoms with Crippen molar-refractivity contribution < 1.29 is 4.92 Å². The Balaban J connectivity index is 2.34. The van der Waals surface area contributed by atoms with Crippen molar-refractivity contribution in [1.29, 1.82) is 5.26 Å². The van der Waals surface area contributed by atoms with Gasteiger partial charge >= 0.3 is 0 Å². The molecule has 2 aromatic carbocycles. The number of benzene rings is 2. The first-order valence-electron chi connectivity index (χ1n) is 5.96. The summed E-state index contributed by atoms with van der Waals surface area (Å²) >= 11 is 0. The molecule has 0 saturated heterocycles. The third-order valence-corrected chi connectivity index (χ3v) is 3.18. The molecule has 3 rings (SSSR count). The molecular weight excluding hydrogens is 254 g/mol. The van der Waals surface area contributed by atoms with Gasteiger partial charge in [-0.3, -0.25) is 10.1 Å². The van der Waals surface area contributed by atoms with Crippen LogP contribution in [-0.2, 0) is 0 Å². The van der Waals surface area contributed by atoms with E-state index in [4.69, 9.17) is 5.26 Å². The van der Waals surface area contributed by atoms with Gasteiger partial charge < -0.3 is 5.32 Å². The van der Waals surface area contributed by atoms with Gasteiger partial charge in [-0.1, -0.05) is 18.2 Å². The van der Waals surface area contributed by atoms with E-state index in [1.807, 2.05) is 6.07 Å². The largest absolute Gasteiger partial charge is 0.354 e. The van der Waals surface area contributed by atoms with Crippen LogP contribution in [0.3, 0.4) is 0 Å². The van der Waals surface area contributed by atoms with Gasteiger partial charge in [0, 0.05) is 17.3 Å². The number of nitrogens with one attached hydrogen (secondary N) is 1. The molecule has 0 saturated carbocycles. The molecule has 1 aliphatic heterocycles. The van der Waals surface area contributed by atoms with E-state index in [9.17, 15) is 10.1 Å². The van der Waals surface area contributed by atoms with Crippen LogP contribution in [0.2, 0.25) is 0 Å². The molecule has 0 spiro atoms. The fourth-order valence-electron chi connectivity index (χ4n) is 2.25. The van der Waals surface area contributed by atoms with Gasteiger partial charge in [0.2, 0.25) is 0 Å². The number of hydrogen-bond donors (Lipinski definition) is 1. The molecule has 1 N–H and O–H groups in total. The van der Waals surface area contributed by atoms with Gasteiger partial charge in [0.1, 0.15) is 0 Å². The fourth-order valence-corrected chi connectivity index (χ4v) is 2.25. The highest BCUT2D eigenvalue weighted by Crippen LogP contribution is 2.36. The van der Waals surface area contributed by atoms with E-state index in [2.05, 4.69) is 11.4 Å². The van der Waals surface area contributed by atoms with Gasteiger partial charge in [0.05, 0.1) is 27.8 Å². The molecule has 0 aliphatic carbocycles. The van der Waals surface area contributed by atoms with Gasteiger partial charge in [-0.05, 0) is 24.3 Å². The molecule has 20 heavy (non-hydrogen) atoms. The van der Waals surface area contributed by atoms with Gasteiger partial charge in [-0.15, -0.1) is 0 Å². The highest BCUT2D eigenvalue weighted by atomic mass is 16.6. The zero-order valence-corrected chi connectivity index (χ0v) is 10.3. The highest BCUT2D eigenvalue weighted by molar-refractivity contribution is 5.92. The first-order valence-corrected chi connectivity index (χ1v) is 5.96. The van der Waals surface area contributed by atoms with Crippen molar-refractivity contribution in [1.82, 2.24) is 0 Å². The van der Waals surface area contributed by atoms with Crippen LogP contribution >= 0.6 is 0 Å². The smallest absolute Gasteiger partial charge is 0.279 e. The molecule has 96 valence electrons. The average Bonchev–Trinajstić information content (AvgIpc) is 2.63. The van der Waals surface area contributed by atoms with Gasteiger partial charge in [0.25, 0.3) is 5.70 Å². The van der Waals surface area contributed by atoms with Gasteiger partial charge in [-0.25, -0.2) is 0 Å². The van der Waals surface area contributed by atoms with E-state index in [1.54, 1.807) is 36.4 Å². The van der Waals surface area contributed by atoms with E-state index in [-0.39, 0.29) is 5.70 Å². The second-order valence-corrected chi connectivity index (χ2v) is 4.34. The van der Waals surface area contributed by atoms with Crippen molar-refractivity contribution in [2.75, 3.05) is 5.32 Å². The summed E-state index contributed by atoms with van der Waals surface area (Å²) < 4.78 is 0. The molecule has 0 bridgehead atoms. The van der Waals surface area contributed by atoms with Crippen molar-refractivity contribution in [2.45, 2.75) is 0 Å². The molecular formula is C15H9N3O2. The zero-order chi connectivity index (χ0) is 14.1. The van der Waals surface area contributed by atoms with Crippen molar-refractivity contribution in [3.05, 3.63) is 69.3 Å². The minimum absolute atomic E-state index is 0.0189. The normalized spacial score (nSPS) is 12.1. The fraction of sp³-hybridized carbons (Fsp3) is 0. The number of rotatable bonds is 1. The summed E-state index contributed by atoms with van der Waals surface area (Å²) in [5.74, 6) is 0. The average molecular weight is 263 g/mol. The Morgan fingerprint density at radius 1 is 1.10 bits per heavy atom. The van der Waals surface area contributed by atoms with Crippen LogP contribution in [0, 0.1) is 21.4 Å². The summed E-state index contributed by atoms with van der Waals surface area (Å²) in [6.07, 6.45) is 1.45. The van der Waals surface area contributed by atoms with Crippen molar-refractivity contribution in [3.63, 3.8) is 0 Å². The van der Waals surface area contributed by atoms with Crippen LogP contribution in [0.15, 0.2) is 42.5 Å². The topological polar surface area (TPSA) is 79.0 Å². The van der Waals surface area contributed by atoms with E-state index in [0.29, 0.717) is 28.1 Å². The Morgan fingerprint density at radius 3 is 2.60 bits per heavy atom. The summed E-state index contributed by atoms with van der Waals surface area (Å²) in [6.45, 7) is 0. The molecule has 0 atom stereocenters. The molecule has 5 heteroatoms. The van der Waals surface area contributed by atoms with Crippen molar-refractivity contribution >= 4 is 23.1 Å². The maximum atomic E-state index is 11.3. The lowest BCUT2D eigenvalue weighted by Gasteiger charge is -2.09. The van der Waals surface area contributed by atoms with Crippen molar-refractivity contribution in [3.8, 4) is 6.07 Å². The monoisotopic (exact) mass is 263 g/mol. The van der Waals surface area contributed by atoms with Crippen LogP contribution in [0.1, 0.15) is 16.7 Å². The maximum Gasteiger partial charge on any atom is 0.279 e. The summed E-state index contributed by atoms with van der Waals surface area (Å²) in [5.41, 5.74) is 2.78. The molecule has 0 unspecified atom stereocenters. The standard InChI is InChI=1S/C15H9N3O2/c16-9-10-4-3-7-14-12(10)8-15(18(19)20)11-5-1-2-6-13(11)17-14/h1-8,17H. The summed E-state index contributed by atoms with van der Waals surface area (Å²) in [4.78, 5) is 10.9. The molecule has 1 heterocycles. The predicted octanol–water partition coefficient (Wildman–Crippen LogP) is 3.39. The number of fused-ring (bicyclic) bond motifs is 2. The first-order chi connectivity index (χ1) is 9.70. The van der Waals surface area contributed by atoms with Gasteiger partial charge in [0.15, 0.2) is 0 Å². The third-order valence-electron chi connectivity index (χ3n) is 3.18. The lowest BCUT2D eigenvalue weighted by Crippen LogP contribution is -1.99. The SMILES string of the molecule is N#Cc1cccc2c1C=C([N+](=O)[O-])c1ccccc1N2.